The molecule has 1 saturated carbocycles. The molecule has 0 spiro atoms. The molecule has 0 aromatic rings. The molecule has 0 aromatic carbocycles. The van der Waals surface area contributed by atoms with Crippen LogP contribution in [0.1, 0.15) is 59.8 Å². The standard InChI is InChI=1S/C20H34N2O4/c1-16(12-23-16)21(17(2)13-24-17)10-20(8-6-5-7-9-20)11-22(18(3)14-25-18)19(4)15-26-19/h5-15H2,1-4H3. The largest absolute Gasteiger partial charge is 0.354 e. The van der Waals surface area contributed by atoms with E-state index in [1.54, 1.807) is 0 Å². The summed E-state index contributed by atoms with van der Waals surface area (Å²) in [7, 11) is 0. The van der Waals surface area contributed by atoms with Gasteiger partial charge in [-0.05, 0) is 46.0 Å². The maximum absolute atomic E-state index is 5.86. The van der Waals surface area contributed by atoms with Gasteiger partial charge >= 0.3 is 0 Å². The first-order chi connectivity index (χ1) is 12.2. The van der Waals surface area contributed by atoms with Crippen molar-refractivity contribution >= 4 is 0 Å². The highest BCUT2D eigenvalue weighted by molar-refractivity contribution is 5.06. The average molecular weight is 367 g/mol. The van der Waals surface area contributed by atoms with E-state index >= 15 is 0 Å². The van der Waals surface area contributed by atoms with Gasteiger partial charge < -0.3 is 18.9 Å². The Morgan fingerprint density at radius 2 is 0.885 bits per heavy atom. The Hall–Kier alpha value is -0.240. The molecule has 1 aliphatic carbocycles. The second-order valence-corrected chi connectivity index (χ2v) is 10.1. The topological polar surface area (TPSA) is 56.6 Å². The lowest BCUT2D eigenvalue weighted by atomic mass is 9.72. The van der Waals surface area contributed by atoms with Crippen LogP contribution in [-0.2, 0) is 18.9 Å². The Morgan fingerprint density at radius 1 is 0.577 bits per heavy atom. The van der Waals surface area contributed by atoms with Crippen LogP contribution in [-0.4, -0.2) is 72.2 Å². The minimum atomic E-state index is -0.152. The van der Waals surface area contributed by atoms with E-state index in [-0.39, 0.29) is 28.3 Å². The van der Waals surface area contributed by atoms with Gasteiger partial charge in [-0.25, -0.2) is 9.80 Å². The summed E-state index contributed by atoms with van der Waals surface area (Å²) in [6, 6.07) is 0. The number of rotatable bonds is 8. The summed E-state index contributed by atoms with van der Waals surface area (Å²) < 4.78 is 23.4. The molecule has 4 heterocycles. The lowest BCUT2D eigenvalue weighted by Gasteiger charge is -2.47. The van der Waals surface area contributed by atoms with Crippen LogP contribution in [0.25, 0.3) is 0 Å². The minimum absolute atomic E-state index is 0.152. The Bertz CT molecular complexity index is 492. The molecule has 0 radical (unpaired) electrons. The van der Waals surface area contributed by atoms with Crippen molar-refractivity contribution in [1.29, 1.82) is 0 Å². The van der Waals surface area contributed by atoms with Crippen LogP contribution in [0.3, 0.4) is 0 Å². The van der Waals surface area contributed by atoms with Gasteiger partial charge in [-0.3, -0.25) is 0 Å². The number of ether oxygens (including phenoxy) is 4. The molecule has 0 N–H and O–H groups in total. The van der Waals surface area contributed by atoms with E-state index in [1.807, 2.05) is 0 Å². The zero-order valence-electron chi connectivity index (χ0n) is 16.8. The van der Waals surface area contributed by atoms with Crippen molar-refractivity contribution in [3.05, 3.63) is 0 Å². The maximum atomic E-state index is 5.86. The van der Waals surface area contributed by atoms with E-state index in [1.165, 1.54) is 32.1 Å². The van der Waals surface area contributed by atoms with E-state index in [9.17, 15) is 0 Å². The SMILES string of the molecule is CC1(N(CC2(CN(C3(C)CO3)C3(C)CO3)CCCCC2)C2(C)CO2)CO1. The van der Waals surface area contributed by atoms with Gasteiger partial charge in [0.15, 0.2) is 0 Å². The van der Waals surface area contributed by atoms with E-state index < -0.39 is 0 Å². The number of hydrogen-bond acceptors (Lipinski definition) is 6. The Morgan fingerprint density at radius 3 is 1.15 bits per heavy atom. The molecule has 5 fully saturated rings. The first kappa shape index (κ1) is 17.8. The fourth-order valence-corrected chi connectivity index (χ4v) is 5.05. The van der Waals surface area contributed by atoms with Gasteiger partial charge in [0.2, 0.25) is 0 Å². The van der Waals surface area contributed by atoms with Gasteiger partial charge in [0.05, 0.1) is 26.4 Å². The van der Waals surface area contributed by atoms with Crippen LogP contribution >= 0.6 is 0 Å². The van der Waals surface area contributed by atoms with E-state index in [2.05, 4.69) is 37.5 Å². The second-order valence-electron chi connectivity index (χ2n) is 10.1. The zero-order valence-corrected chi connectivity index (χ0v) is 16.8. The molecular weight excluding hydrogens is 332 g/mol. The van der Waals surface area contributed by atoms with Gasteiger partial charge in [0.25, 0.3) is 0 Å². The molecule has 0 amide bonds. The Labute approximate surface area is 157 Å². The second kappa shape index (κ2) is 5.43. The predicted octanol–water partition coefficient (Wildman–Crippen LogP) is 2.53. The van der Waals surface area contributed by atoms with Crippen LogP contribution in [0.15, 0.2) is 0 Å². The number of hydrogen-bond donors (Lipinski definition) is 0. The van der Waals surface area contributed by atoms with Crippen LogP contribution in [0.2, 0.25) is 0 Å². The summed E-state index contributed by atoms with van der Waals surface area (Å²) in [5.41, 5.74) is -0.367. The third-order valence-electron chi connectivity index (χ3n) is 7.43. The van der Waals surface area contributed by atoms with E-state index in [0.29, 0.717) is 0 Å². The fourth-order valence-electron chi connectivity index (χ4n) is 5.05. The molecule has 4 unspecified atom stereocenters. The molecule has 26 heavy (non-hydrogen) atoms. The summed E-state index contributed by atoms with van der Waals surface area (Å²) >= 11 is 0. The zero-order chi connectivity index (χ0) is 18.3. The molecule has 4 aliphatic heterocycles. The van der Waals surface area contributed by atoms with Crippen LogP contribution < -0.4 is 0 Å². The monoisotopic (exact) mass is 366 g/mol. The quantitative estimate of drug-likeness (QED) is 0.615. The molecule has 0 aromatic heterocycles. The highest BCUT2D eigenvalue weighted by Gasteiger charge is 2.63. The van der Waals surface area contributed by atoms with Crippen molar-refractivity contribution in [1.82, 2.24) is 9.80 Å². The predicted molar refractivity (Wildman–Crippen MR) is 96.4 cm³/mol. The maximum Gasteiger partial charge on any atom is 0.144 e. The normalized spacial score (nSPS) is 48.7. The lowest BCUT2D eigenvalue weighted by Crippen LogP contribution is -2.57. The molecule has 5 aliphatic rings. The first-order valence-electron chi connectivity index (χ1n) is 10.3. The third kappa shape index (κ3) is 3.03. The molecule has 6 heteroatoms. The van der Waals surface area contributed by atoms with Gasteiger partial charge in [-0.15, -0.1) is 0 Å². The van der Waals surface area contributed by atoms with Crippen molar-refractivity contribution in [2.24, 2.45) is 5.41 Å². The molecule has 5 rings (SSSR count). The van der Waals surface area contributed by atoms with E-state index in [4.69, 9.17) is 18.9 Å². The minimum Gasteiger partial charge on any atom is -0.354 e. The van der Waals surface area contributed by atoms with Crippen molar-refractivity contribution in [3.63, 3.8) is 0 Å². The van der Waals surface area contributed by atoms with Crippen molar-refractivity contribution in [2.45, 2.75) is 82.7 Å². The number of epoxide rings is 4. The van der Waals surface area contributed by atoms with Gasteiger partial charge in [-0.1, -0.05) is 19.3 Å². The Balaban J connectivity index is 1.41. The van der Waals surface area contributed by atoms with Crippen LogP contribution in [0.4, 0.5) is 0 Å². The van der Waals surface area contributed by atoms with Crippen molar-refractivity contribution in [2.75, 3.05) is 39.5 Å². The molecule has 0 bridgehead atoms. The summed E-state index contributed by atoms with van der Waals surface area (Å²) in [5, 5.41) is 0. The summed E-state index contributed by atoms with van der Waals surface area (Å²) in [5.74, 6) is 0. The van der Waals surface area contributed by atoms with E-state index in [0.717, 1.165) is 39.5 Å². The highest BCUT2D eigenvalue weighted by Crippen LogP contribution is 2.51. The van der Waals surface area contributed by atoms with Gasteiger partial charge in [-0.2, -0.15) is 0 Å². The van der Waals surface area contributed by atoms with Gasteiger partial charge in [0.1, 0.15) is 22.9 Å². The summed E-state index contributed by atoms with van der Waals surface area (Å²) in [4.78, 5) is 5.02. The third-order valence-corrected chi connectivity index (χ3v) is 7.43. The summed E-state index contributed by atoms with van der Waals surface area (Å²) in [6.45, 7) is 14.2. The molecular formula is C20H34N2O4. The van der Waals surface area contributed by atoms with Gasteiger partial charge in [0, 0.05) is 13.1 Å². The fraction of sp³-hybridized carbons (Fsp3) is 1.00. The smallest absolute Gasteiger partial charge is 0.144 e. The lowest BCUT2D eigenvalue weighted by molar-refractivity contribution is -0.0850. The van der Waals surface area contributed by atoms with Crippen LogP contribution in [0.5, 0.6) is 0 Å². The van der Waals surface area contributed by atoms with Crippen molar-refractivity contribution < 1.29 is 18.9 Å². The molecule has 4 saturated heterocycles. The first-order valence-corrected chi connectivity index (χ1v) is 10.3. The molecule has 4 atom stereocenters. The van der Waals surface area contributed by atoms with Crippen molar-refractivity contribution in [3.8, 4) is 0 Å². The highest BCUT2D eigenvalue weighted by atomic mass is 16.7. The number of nitrogens with zero attached hydrogens (tertiary/aromatic N) is 2. The Kier molecular flexibility index (Phi) is 3.72. The summed E-state index contributed by atoms with van der Waals surface area (Å²) in [6.07, 6.45) is 6.50. The molecule has 148 valence electrons. The van der Waals surface area contributed by atoms with Crippen LogP contribution in [0, 0.1) is 5.41 Å². The average Bonchev–Trinajstić information content (AvgIpc) is 3.39. The molecule has 6 nitrogen and oxygen atoms in total.